The molecule has 23 heavy (non-hydrogen) atoms. The third-order valence-corrected chi connectivity index (χ3v) is 3.52. The van der Waals surface area contributed by atoms with Crippen molar-refractivity contribution in [2.45, 2.75) is 6.92 Å². The molecule has 1 aliphatic rings. The van der Waals surface area contributed by atoms with Crippen molar-refractivity contribution >= 4 is 34.6 Å². The van der Waals surface area contributed by atoms with Crippen LogP contribution in [0.4, 0.5) is 5.69 Å². The van der Waals surface area contributed by atoms with Crippen LogP contribution < -0.4 is 4.74 Å². The van der Waals surface area contributed by atoms with Gasteiger partial charge in [0, 0.05) is 12.1 Å². The van der Waals surface area contributed by atoms with E-state index in [0.717, 1.165) is 0 Å². The second-order valence-electron chi connectivity index (χ2n) is 5.02. The van der Waals surface area contributed by atoms with E-state index < -0.39 is 0 Å². The van der Waals surface area contributed by atoms with Gasteiger partial charge in [0.2, 0.25) is 0 Å². The quantitative estimate of drug-likeness (QED) is 0.853. The van der Waals surface area contributed by atoms with Gasteiger partial charge in [0.15, 0.2) is 5.71 Å². The second-order valence-corrected chi connectivity index (χ2v) is 5.46. The molecule has 0 saturated heterocycles. The van der Waals surface area contributed by atoms with Crippen LogP contribution in [0.3, 0.4) is 0 Å². The van der Waals surface area contributed by atoms with E-state index in [1.54, 1.807) is 62.5 Å². The molecule has 0 spiro atoms. The fraction of sp³-hybridized carbons (Fsp3) is 0.118. The van der Waals surface area contributed by atoms with E-state index in [4.69, 9.17) is 16.3 Å². The Morgan fingerprint density at radius 3 is 2.13 bits per heavy atom. The average Bonchev–Trinajstić information content (AvgIpc) is 2.78. The van der Waals surface area contributed by atoms with Gasteiger partial charge in [-0.2, -0.15) is 5.10 Å². The van der Waals surface area contributed by atoms with Crippen molar-refractivity contribution in [3.63, 3.8) is 0 Å². The number of hydrazone groups is 1. The molecule has 0 radical (unpaired) electrons. The summed E-state index contributed by atoms with van der Waals surface area (Å²) in [6.45, 7) is 1.76. The van der Waals surface area contributed by atoms with Crippen molar-refractivity contribution in [1.29, 1.82) is 0 Å². The molecule has 6 heteroatoms. The van der Waals surface area contributed by atoms with Crippen LogP contribution in [0.15, 0.2) is 58.6 Å². The monoisotopic (exact) mass is 327 g/mol. The molecule has 3 rings (SSSR count). The zero-order valence-electron chi connectivity index (χ0n) is 12.7. The van der Waals surface area contributed by atoms with Crippen molar-refractivity contribution in [2.75, 3.05) is 7.05 Å². The standard InChI is InChI=1S/C17H14ClN3O2/c1-11-16(17(22)21(2)20-11)19-13-5-9-15(10-6-13)23-14-7-3-12(18)4-8-14/h3-10H,1-2H3. The van der Waals surface area contributed by atoms with Gasteiger partial charge in [0.05, 0.1) is 11.4 Å². The molecule has 0 atom stereocenters. The maximum Gasteiger partial charge on any atom is 0.294 e. The Bertz CT molecular complexity index is 796. The van der Waals surface area contributed by atoms with Gasteiger partial charge in [-0.05, 0) is 55.5 Å². The summed E-state index contributed by atoms with van der Waals surface area (Å²) in [5.41, 5.74) is 1.64. The van der Waals surface area contributed by atoms with Crippen molar-refractivity contribution in [1.82, 2.24) is 5.01 Å². The fourth-order valence-electron chi connectivity index (χ4n) is 2.11. The van der Waals surface area contributed by atoms with E-state index in [1.165, 1.54) is 5.01 Å². The van der Waals surface area contributed by atoms with Gasteiger partial charge in [0.1, 0.15) is 11.5 Å². The lowest BCUT2D eigenvalue weighted by Gasteiger charge is -2.06. The average molecular weight is 328 g/mol. The highest BCUT2D eigenvalue weighted by Gasteiger charge is 2.26. The molecule has 1 aliphatic heterocycles. The molecule has 0 N–H and O–H groups in total. The van der Waals surface area contributed by atoms with E-state index >= 15 is 0 Å². The number of ether oxygens (including phenoxy) is 1. The molecule has 2 aromatic carbocycles. The van der Waals surface area contributed by atoms with E-state index in [9.17, 15) is 4.79 Å². The van der Waals surface area contributed by atoms with Crippen LogP contribution in [0.1, 0.15) is 6.92 Å². The summed E-state index contributed by atoms with van der Waals surface area (Å²) in [7, 11) is 1.61. The maximum absolute atomic E-state index is 11.9. The second kappa shape index (κ2) is 6.22. The van der Waals surface area contributed by atoms with E-state index in [2.05, 4.69) is 10.1 Å². The summed E-state index contributed by atoms with van der Waals surface area (Å²) in [5, 5.41) is 6.01. The Hall–Kier alpha value is -2.66. The molecule has 0 bridgehead atoms. The Kier molecular flexibility index (Phi) is 4.12. The first kappa shape index (κ1) is 15.2. The number of nitrogens with zero attached hydrogens (tertiary/aromatic N) is 3. The van der Waals surface area contributed by atoms with Crippen LogP contribution in [-0.2, 0) is 4.79 Å². The lowest BCUT2D eigenvalue weighted by Crippen LogP contribution is -2.23. The third-order valence-electron chi connectivity index (χ3n) is 3.27. The Balaban J connectivity index is 1.76. The minimum atomic E-state index is -0.205. The molecule has 2 aromatic rings. The molecule has 5 nitrogen and oxygen atoms in total. The number of aliphatic imine (C=N–C) groups is 1. The molecule has 0 unspecified atom stereocenters. The summed E-state index contributed by atoms with van der Waals surface area (Å²) in [5.74, 6) is 1.17. The molecule has 1 amide bonds. The van der Waals surface area contributed by atoms with Gasteiger partial charge in [-0.15, -0.1) is 0 Å². The SMILES string of the molecule is CC1=NN(C)C(=O)C1=Nc1ccc(Oc2ccc(Cl)cc2)cc1. The predicted molar refractivity (Wildman–Crippen MR) is 90.9 cm³/mol. The zero-order chi connectivity index (χ0) is 16.4. The van der Waals surface area contributed by atoms with Crippen LogP contribution in [0.25, 0.3) is 0 Å². The largest absolute Gasteiger partial charge is 0.457 e. The van der Waals surface area contributed by atoms with E-state index in [1.807, 2.05) is 0 Å². The summed E-state index contributed by atoms with van der Waals surface area (Å²) >= 11 is 5.84. The highest BCUT2D eigenvalue weighted by atomic mass is 35.5. The molecule has 1 heterocycles. The normalized spacial score (nSPS) is 16.0. The predicted octanol–water partition coefficient (Wildman–Crippen LogP) is 4.05. The van der Waals surface area contributed by atoms with Crippen molar-refractivity contribution in [2.24, 2.45) is 10.1 Å². The summed E-state index contributed by atoms with van der Waals surface area (Å²) < 4.78 is 5.71. The summed E-state index contributed by atoms with van der Waals surface area (Å²) in [6, 6.07) is 14.3. The van der Waals surface area contributed by atoms with Gasteiger partial charge in [-0.1, -0.05) is 11.6 Å². The van der Waals surface area contributed by atoms with Gasteiger partial charge in [-0.25, -0.2) is 10.0 Å². The fourth-order valence-corrected chi connectivity index (χ4v) is 2.24. The van der Waals surface area contributed by atoms with Crippen LogP contribution in [0.2, 0.25) is 5.02 Å². The Labute approximate surface area is 138 Å². The number of hydrogen-bond acceptors (Lipinski definition) is 4. The topological polar surface area (TPSA) is 54.3 Å². The van der Waals surface area contributed by atoms with Crippen molar-refractivity contribution in [3.8, 4) is 11.5 Å². The van der Waals surface area contributed by atoms with Crippen LogP contribution in [0.5, 0.6) is 11.5 Å². The molecule has 0 fully saturated rings. The van der Waals surface area contributed by atoms with Crippen LogP contribution in [0, 0.1) is 0 Å². The molecule has 0 saturated carbocycles. The lowest BCUT2D eigenvalue weighted by molar-refractivity contribution is -0.122. The highest BCUT2D eigenvalue weighted by Crippen LogP contribution is 2.25. The van der Waals surface area contributed by atoms with Crippen molar-refractivity contribution in [3.05, 3.63) is 53.6 Å². The van der Waals surface area contributed by atoms with Crippen LogP contribution >= 0.6 is 11.6 Å². The first-order valence-corrected chi connectivity index (χ1v) is 7.36. The highest BCUT2D eigenvalue weighted by molar-refractivity contribution is 6.68. The number of rotatable bonds is 3. The summed E-state index contributed by atoms with van der Waals surface area (Å²) in [4.78, 5) is 16.3. The Morgan fingerprint density at radius 2 is 1.61 bits per heavy atom. The number of amides is 1. The van der Waals surface area contributed by atoms with E-state index in [0.29, 0.717) is 33.6 Å². The smallest absolute Gasteiger partial charge is 0.294 e. The molecule has 116 valence electrons. The minimum Gasteiger partial charge on any atom is -0.457 e. The Morgan fingerprint density at radius 1 is 1.04 bits per heavy atom. The maximum atomic E-state index is 11.9. The lowest BCUT2D eigenvalue weighted by atomic mass is 10.2. The van der Waals surface area contributed by atoms with E-state index in [-0.39, 0.29) is 5.91 Å². The first-order chi connectivity index (χ1) is 11.0. The molecular weight excluding hydrogens is 314 g/mol. The molecule has 0 aliphatic carbocycles. The number of halogens is 1. The number of carbonyl (C=O) groups excluding carboxylic acids is 1. The van der Waals surface area contributed by atoms with Crippen LogP contribution in [-0.4, -0.2) is 29.4 Å². The van der Waals surface area contributed by atoms with Gasteiger partial charge >= 0.3 is 0 Å². The molecule has 0 aromatic heterocycles. The first-order valence-electron chi connectivity index (χ1n) is 6.99. The number of benzene rings is 2. The van der Waals surface area contributed by atoms with Gasteiger partial charge < -0.3 is 4.74 Å². The minimum absolute atomic E-state index is 0.205. The molecular formula is C17H14ClN3O2. The third kappa shape index (κ3) is 3.40. The number of carbonyl (C=O) groups is 1. The number of hydrogen-bond donors (Lipinski definition) is 0. The zero-order valence-corrected chi connectivity index (χ0v) is 13.4. The summed E-state index contributed by atoms with van der Waals surface area (Å²) in [6.07, 6.45) is 0. The van der Waals surface area contributed by atoms with Crippen molar-refractivity contribution < 1.29 is 9.53 Å². The van der Waals surface area contributed by atoms with Gasteiger partial charge in [0.25, 0.3) is 5.91 Å². The van der Waals surface area contributed by atoms with Gasteiger partial charge in [-0.3, -0.25) is 4.79 Å².